The topological polar surface area (TPSA) is 72.9 Å². The van der Waals surface area contributed by atoms with Gasteiger partial charge >= 0.3 is 12.0 Å². The lowest BCUT2D eigenvalue weighted by Crippen LogP contribution is -2.51. The Labute approximate surface area is 144 Å². The molecule has 2 saturated heterocycles. The van der Waals surface area contributed by atoms with Crippen LogP contribution in [0.5, 0.6) is 0 Å². The number of nitrogens with zero attached hydrogens (tertiary/aromatic N) is 2. The van der Waals surface area contributed by atoms with Crippen molar-refractivity contribution in [3.63, 3.8) is 0 Å². The largest absolute Gasteiger partial charge is 0.481 e. The molecule has 0 spiro atoms. The first kappa shape index (κ1) is 17.5. The molecule has 2 atom stereocenters. The molecule has 1 saturated carbocycles. The second-order valence-corrected chi connectivity index (χ2v) is 7.64. The van der Waals surface area contributed by atoms with Gasteiger partial charge in [-0.15, -0.1) is 0 Å². The van der Waals surface area contributed by atoms with Crippen molar-refractivity contribution in [3.8, 4) is 0 Å². The molecule has 2 amide bonds. The van der Waals surface area contributed by atoms with Gasteiger partial charge in [-0.25, -0.2) is 4.79 Å². The summed E-state index contributed by atoms with van der Waals surface area (Å²) >= 11 is 0. The highest BCUT2D eigenvalue weighted by molar-refractivity contribution is 5.76. The van der Waals surface area contributed by atoms with Crippen LogP contribution in [-0.4, -0.2) is 65.2 Å². The summed E-state index contributed by atoms with van der Waals surface area (Å²) in [6.07, 6.45) is 10.5. The van der Waals surface area contributed by atoms with Gasteiger partial charge in [0, 0.05) is 31.7 Å². The first-order valence-electron chi connectivity index (χ1n) is 9.66. The summed E-state index contributed by atoms with van der Waals surface area (Å²) in [5.74, 6) is -1.19. The second kappa shape index (κ2) is 8.19. The Bertz CT molecular complexity index is 451. The molecule has 2 heterocycles. The fourth-order valence-corrected chi connectivity index (χ4v) is 4.65. The predicted molar refractivity (Wildman–Crippen MR) is 91.9 cm³/mol. The van der Waals surface area contributed by atoms with Gasteiger partial charge in [0.1, 0.15) is 0 Å². The van der Waals surface area contributed by atoms with Crippen molar-refractivity contribution in [2.24, 2.45) is 5.92 Å². The lowest BCUT2D eigenvalue weighted by molar-refractivity contribution is -0.143. The van der Waals surface area contributed by atoms with Crippen LogP contribution < -0.4 is 5.32 Å². The zero-order valence-corrected chi connectivity index (χ0v) is 14.6. The van der Waals surface area contributed by atoms with Gasteiger partial charge in [-0.1, -0.05) is 19.3 Å². The summed E-state index contributed by atoms with van der Waals surface area (Å²) in [6, 6.07) is 1.07. The monoisotopic (exact) mass is 337 g/mol. The number of aliphatic carboxylic acids is 1. The summed E-state index contributed by atoms with van der Waals surface area (Å²) < 4.78 is 0. The van der Waals surface area contributed by atoms with E-state index in [4.69, 9.17) is 5.11 Å². The van der Waals surface area contributed by atoms with Gasteiger partial charge in [0.25, 0.3) is 0 Å². The number of amides is 2. The third-order valence-electron chi connectivity index (χ3n) is 6.01. The number of nitrogens with one attached hydrogen (secondary N) is 1. The molecule has 6 nitrogen and oxygen atoms in total. The van der Waals surface area contributed by atoms with Crippen molar-refractivity contribution in [1.82, 2.24) is 15.1 Å². The van der Waals surface area contributed by atoms with Crippen molar-refractivity contribution in [1.29, 1.82) is 0 Å². The zero-order valence-electron chi connectivity index (χ0n) is 14.6. The Morgan fingerprint density at radius 2 is 1.71 bits per heavy atom. The second-order valence-electron chi connectivity index (χ2n) is 7.64. The van der Waals surface area contributed by atoms with E-state index >= 15 is 0 Å². The van der Waals surface area contributed by atoms with Crippen LogP contribution in [0.25, 0.3) is 0 Å². The summed E-state index contributed by atoms with van der Waals surface area (Å²) in [6.45, 7) is 2.88. The Morgan fingerprint density at radius 1 is 0.958 bits per heavy atom. The molecule has 0 aromatic rings. The van der Waals surface area contributed by atoms with Crippen molar-refractivity contribution in [2.45, 2.75) is 69.9 Å². The third-order valence-corrected chi connectivity index (χ3v) is 6.01. The third kappa shape index (κ3) is 4.21. The highest BCUT2D eigenvalue weighted by Crippen LogP contribution is 2.29. The van der Waals surface area contributed by atoms with Crippen molar-refractivity contribution >= 4 is 12.0 Å². The molecule has 2 N–H and O–H groups in total. The number of hydrogen-bond acceptors (Lipinski definition) is 3. The van der Waals surface area contributed by atoms with Crippen molar-refractivity contribution in [2.75, 3.05) is 26.2 Å². The maximum Gasteiger partial charge on any atom is 0.317 e. The molecule has 3 aliphatic rings. The van der Waals surface area contributed by atoms with Crippen LogP contribution in [0.1, 0.15) is 57.8 Å². The molecule has 0 bridgehead atoms. The number of rotatable bonds is 4. The highest BCUT2D eigenvalue weighted by Gasteiger charge is 2.33. The Balaban J connectivity index is 1.47. The lowest BCUT2D eigenvalue weighted by Gasteiger charge is -2.36. The van der Waals surface area contributed by atoms with E-state index in [-0.39, 0.29) is 6.03 Å². The smallest absolute Gasteiger partial charge is 0.317 e. The molecule has 3 rings (SSSR count). The quantitative estimate of drug-likeness (QED) is 0.825. The summed E-state index contributed by atoms with van der Waals surface area (Å²) in [5.41, 5.74) is 0. The molecule has 0 aromatic carbocycles. The number of piperidine rings is 1. The zero-order chi connectivity index (χ0) is 16.9. The number of carboxylic acids is 1. The maximum atomic E-state index is 12.4. The van der Waals surface area contributed by atoms with E-state index in [0.717, 1.165) is 19.4 Å². The average molecular weight is 337 g/mol. The normalized spacial score (nSPS) is 29.6. The molecular weight excluding hydrogens is 306 g/mol. The summed E-state index contributed by atoms with van der Waals surface area (Å²) in [7, 11) is 0. The highest BCUT2D eigenvalue weighted by atomic mass is 16.4. The standard InChI is InChI=1S/C18H31N3O3/c22-17(23)14-6-4-10-20(13-14)18(24)19-12-16-9-5-11-21(16)15-7-2-1-3-8-15/h14-16H,1-13H2,(H,19,24)(H,22,23). The van der Waals surface area contributed by atoms with Crippen LogP contribution in [0.4, 0.5) is 4.79 Å². The van der Waals surface area contributed by atoms with E-state index in [9.17, 15) is 9.59 Å². The molecular formula is C18H31N3O3. The number of likely N-dealkylation sites (tertiary alicyclic amines) is 2. The average Bonchev–Trinajstić information content (AvgIpc) is 3.09. The lowest BCUT2D eigenvalue weighted by atomic mass is 9.94. The van der Waals surface area contributed by atoms with Gasteiger partial charge in [0.2, 0.25) is 0 Å². The van der Waals surface area contributed by atoms with Crippen LogP contribution in [0, 0.1) is 5.92 Å². The van der Waals surface area contributed by atoms with Crippen molar-refractivity contribution in [3.05, 3.63) is 0 Å². The minimum absolute atomic E-state index is 0.0866. The van der Waals surface area contributed by atoms with Crippen LogP contribution in [0.2, 0.25) is 0 Å². The molecule has 6 heteroatoms. The number of hydrogen-bond donors (Lipinski definition) is 2. The van der Waals surface area contributed by atoms with Crippen LogP contribution in [0.3, 0.4) is 0 Å². The first-order valence-corrected chi connectivity index (χ1v) is 9.66. The molecule has 136 valence electrons. The summed E-state index contributed by atoms with van der Waals surface area (Å²) in [5, 5.41) is 12.2. The van der Waals surface area contributed by atoms with Gasteiger partial charge in [0.15, 0.2) is 0 Å². The fraction of sp³-hybridized carbons (Fsp3) is 0.889. The Hall–Kier alpha value is -1.30. The van der Waals surface area contributed by atoms with Gasteiger partial charge in [0.05, 0.1) is 5.92 Å². The molecule has 0 aromatic heterocycles. The SMILES string of the molecule is O=C(O)C1CCCN(C(=O)NCC2CCCN2C2CCCCC2)C1. The first-order chi connectivity index (χ1) is 11.6. The Morgan fingerprint density at radius 3 is 2.46 bits per heavy atom. The van der Waals surface area contributed by atoms with Crippen LogP contribution in [0.15, 0.2) is 0 Å². The number of urea groups is 1. The van der Waals surface area contributed by atoms with Crippen molar-refractivity contribution < 1.29 is 14.7 Å². The molecule has 24 heavy (non-hydrogen) atoms. The van der Waals surface area contributed by atoms with Gasteiger partial charge in [-0.05, 0) is 45.1 Å². The van der Waals surface area contributed by atoms with Crippen LogP contribution in [-0.2, 0) is 4.79 Å². The number of carboxylic acid groups (broad SMARTS) is 1. The van der Waals surface area contributed by atoms with Gasteiger partial charge in [-0.3, -0.25) is 9.69 Å². The van der Waals surface area contributed by atoms with E-state index < -0.39 is 11.9 Å². The molecule has 2 aliphatic heterocycles. The van der Waals surface area contributed by atoms with E-state index in [1.807, 2.05) is 0 Å². The van der Waals surface area contributed by atoms with E-state index in [1.165, 1.54) is 38.5 Å². The predicted octanol–water partition coefficient (Wildman–Crippen LogP) is 2.29. The minimum Gasteiger partial charge on any atom is -0.481 e. The van der Waals surface area contributed by atoms with Gasteiger partial charge in [-0.2, -0.15) is 0 Å². The van der Waals surface area contributed by atoms with E-state index in [2.05, 4.69) is 10.2 Å². The van der Waals surface area contributed by atoms with Crippen LogP contribution >= 0.6 is 0 Å². The molecule has 2 unspecified atom stereocenters. The maximum absolute atomic E-state index is 12.4. The number of carbonyl (C=O) groups is 2. The molecule has 1 aliphatic carbocycles. The number of carbonyl (C=O) groups excluding carboxylic acids is 1. The van der Waals surface area contributed by atoms with Gasteiger partial charge < -0.3 is 15.3 Å². The summed E-state index contributed by atoms with van der Waals surface area (Å²) in [4.78, 5) is 27.9. The molecule has 0 radical (unpaired) electrons. The fourth-order valence-electron chi connectivity index (χ4n) is 4.65. The minimum atomic E-state index is -0.785. The van der Waals surface area contributed by atoms with E-state index in [0.29, 0.717) is 38.1 Å². The molecule has 3 fully saturated rings. The Kier molecular flexibility index (Phi) is 5.98. The van der Waals surface area contributed by atoms with E-state index in [1.54, 1.807) is 4.90 Å².